The van der Waals surface area contributed by atoms with Crippen LogP contribution in [0, 0.1) is 0 Å². The zero-order valence-corrected chi connectivity index (χ0v) is 10.3. The maximum Gasteiger partial charge on any atom is 0.251 e. The van der Waals surface area contributed by atoms with Crippen molar-refractivity contribution in [1.82, 2.24) is 5.32 Å². The third kappa shape index (κ3) is 2.36. The molecule has 0 bridgehead atoms. The van der Waals surface area contributed by atoms with E-state index < -0.39 is 0 Å². The Labute approximate surface area is 105 Å². The highest BCUT2D eigenvalue weighted by atomic mass is 16.3. The van der Waals surface area contributed by atoms with Crippen molar-refractivity contribution >= 4 is 17.5 Å². The molecule has 5 nitrogen and oxygen atoms in total. The molecule has 1 aliphatic rings. The number of amides is 2. The molecule has 18 heavy (non-hydrogen) atoms. The highest BCUT2D eigenvalue weighted by molar-refractivity contribution is 6.03. The number of nitrogens with zero attached hydrogens (tertiary/aromatic N) is 1. The van der Waals surface area contributed by atoms with Gasteiger partial charge in [0.15, 0.2) is 0 Å². The van der Waals surface area contributed by atoms with Crippen LogP contribution in [0.3, 0.4) is 0 Å². The van der Waals surface area contributed by atoms with E-state index in [9.17, 15) is 9.59 Å². The van der Waals surface area contributed by atoms with Crippen LogP contribution in [0.5, 0.6) is 0 Å². The monoisotopic (exact) mass is 248 g/mol. The van der Waals surface area contributed by atoms with Crippen molar-refractivity contribution in [3.05, 3.63) is 29.3 Å². The molecular formula is C13H16N2O3. The summed E-state index contributed by atoms with van der Waals surface area (Å²) >= 11 is 0. The Bertz CT molecular complexity index is 485. The first kappa shape index (κ1) is 12.6. The van der Waals surface area contributed by atoms with Gasteiger partial charge < -0.3 is 15.3 Å². The molecule has 0 saturated carbocycles. The van der Waals surface area contributed by atoms with Crippen LogP contribution in [-0.4, -0.2) is 37.1 Å². The van der Waals surface area contributed by atoms with Crippen LogP contribution in [0.2, 0.25) is 0 Å². The summed E-state index contributed by atoms with van der Waals surface area (Å²) in [6, 6.07) is 5.26. The van der Waals surface area contributed by atoms with E-state index in [1.54, 1.807) is 30.1 Å². The lowest BCUT2D eigenvalue weighted by Crippen LogP contribution is -2.25. The first-order valence-electron chi connectivity index (χ1n) is 5.92. The van der Waals surface area contributed by atoms with Gasteiger partial charge >= 0.3 is 0 Å². The van der Waals surface area contributed by atoms with Gasteiger partial charge in [-0.2, -0.15) is 0 Å². The van der Waals surface area contributed by atoms with E-state index >= 15 is 0 Å². The largest absolute Gasteiger partial charge is 0.396 e. The molecule has 0 fully saturated rings. The number of benzene rings is 1. The summed E-state index contributed by atoms with van der Waals surface area (Å²) in [5, 5.41) is 11.4. The molecule has 2 amide bonds. The number of aliphatic hydroxyl groups excluding tert-OH is 1. The fourth-order valence-electron chi connectivity index (χ4n) is 1.99. The molecule has 1 heterocycles. The second-order valence-electron chi connectivity index (χ2n) is 4.31. The van der Waals surface area contributed by atoms with Crippen LogP contribution in [0.15, 0.2) is 18.2 Å². The Morgan fingerprint density at radius 3 is 3.00 bits per heavy atom. The van der Waals surface area contributed by atoms with Crippen molar-refractivity contribution < 1.29 is 14.7 Å². The molecule has 2 rings (SSSR count). The van der Waals surface area contributed by atoms with Gasteiger partial charge in [-0.05, 0) is 30.2 Å². The molecule has 0 radical (unpaired) electrons. The highest BCUT2D eigenvalue weighted by Gasteiger charge is 2.24. The molecule has 2 N–H and O–H groups in total. The normalized spacial score (nSPS) is 13.7. The minimum Gasteiger partial charge on any atom is -0.396 e. The summed E-state index contributed by atoms with van der Waals surface area (Å²) in [5.74, 6) is -0.129. The summed E-state index contributed by atoms with van der Waals surface area (Å²) in [5.41, 5.74) is 2.30. The van der Waals surface area contributed by atoms with E-state index in [1.807, 2.05) is 0 Å². The molecule has 0 atom stereocenters. The summed E-state index contributed by atoms with van der Waals surface area (Å²) in [6.45, 7) is 0.509. The maximum atomic E-state index is 11.8. The van der Waals surface area contributed by atoms with Gasteiger partial charge in [0.05, 0.1) is 6.42 Å². The van der Waals surface area contributed by atoms with Gasteiger partial charge in [0, 0.05) is 31.5 Å². The third-order valence-corrected chi connectivity index (χ3v) is 3.04. The Balaban J connectivity index is 2.11. The Kier molecular flexibility index (Phi) is 3.62. The molecule has 1 aliphatic heterocycles. The van der Waals surface area contributed by atoms with Crippen molar-refractivity contribution in [2.75, 3.05) is 25.1 Å². The van der Waals surface area contributed by atoms with Crippen molar-refractivity contribution in [1.29, 1.82) is 0 Å². The summed E-state index contributed by atoms with van der Waals surface area (Å²) in [4.78, 5) is 24.9. The van der Waals surface area contributed by atoms with Crippen molar-refractivity contribution in [3.8, 4) is 0 Å². The molecule has 96 valence electrons. The highest BCUT2D eigenvalue weighted by Crippen LogP contribution is 2.28. The topological polar surface area (TPSA) is 69.6 Å². The van der Waals surface area contributed by atoms with Gasteiger partial charge in [-0.25, -0.2) is 0 Å². The average Bonchev–Trinajstić information content (AvgIpc) is 2.65. The van der Waals surface area contributed by atoms with Crippen LogP contribution in [0.25, 0.3) is 0 Å². The third-order valence-electron chi connectivity index (χ3n) is 3.04. The summed E-state index contributed by atoms with van der Waals surface area (Å²) < 4.78 is 0. The number of fused-ring (bicyclic) bond motifs is 1. The molecule has 0 aromatic heterocycles. The lowest BCUT2D eigenvalue weighted by Gasteiger charge is -2.10. The number of hydrogen-bond donors (Lipinski definition) is 2. The van der Waals surface area contributed by atoms with Gasteiger partial charge in [0.25, 0.3) is 5.91 Å². The fourth-order valence-corrected chi connectivity index (χ4v) is 1.99. The van der Waals surface area contributed by atoms with Gasteiger partial charge in [-0.1, -0.05) is 0 Å². The number of aliphatic hydroxyl groups is 1. The first-order valence-corrected chi connectivity index (χ1v) is 5.92. The van der Waals surface area contributed by atoms with Crippen molar-refractivity contribution in [2.45, 2.75) is 12.8 Å². The number of anilines is 1. The molecule has 5 heteroatoms. The Morgan fingerprint density at radius 2 is 2.28 bits per heavy atom. The lowest BCUT2D eigenvalue weighted by molar-refractivity contribution is -0.117. The van der Waals surface area contributed by atoms with E-state index in [1.165, 1.54) is 0 Å². The predicted molar refractivity (Wildman–Crippen MR) is 67.6 cm³/mol. The SMILES string of the molecule is CN1C(=O)Cc2cc(C(=O)NCCCO)ccc21. The van der Waals surface area contributed by atoms with Gasteiger partial charge in [0.2, 0.25) is 5.91 Å². The van der Waals surface area contributed by atoms with E-state index in [0.717, 1.165) is 11.3 Å². The van der Waals surface area contributed by atoms with Crippen LogP contribution >= 0.6 is 0 Å². The van der Waals surface area contributed by atoms with Crippen molar-refractivity contribution in [3.63, 3.8) is 0 Å². The van der Waals surface area contributed by atoms with Gasteiger partial charge in [-0.3, -0.25) is 9.59 Å². The smallest absolute Gasteiger partial charge is 0.251 e. The molecule has 0 aliphatic carbocycles. The van der Waals surface area contributed by atoms with E-state index in [4.69, 9.17) is 5.11 Å². The molecule has 1 aromatic carbocycles. The number of likely N-dealkylation sites (N-methyl/N-ethyl adjacent to an activating group) is 1. The minimum atomic E-state index is -0.173. The second-order valence-corrected chi connectivity index (χ2v) is 4.31. The maximum absolute atomic E-state index is 11.8. The first-order chi connectivity index (χ1) is 8.63. The van der Waals surface area contributed by atoms with Crippen LogP contribution in [0.4, 0.5) is 5.69 Å². The lowest BCUT2D eigenvalue weighted by atomic mass is 10.1. The molecule has 0 saturated heterocycles. The fraction of sp³-hybridized carbons (Fsp3) is 0.385. The summed E-state index contributed by atoms with van der Waals surface area (Å²) in [7, 11) is 1.73. The number of carbonyl (C=O) groups excluding carboxylic acids is 2. The van der Waals surface area contributed by atoms with E-state index in [-0.39, 0.29) is 18.4 Å². The zero-order valence-electron chi connectivity index (χ0n) is 10.3. The molecule has 0 spiro atoms. The standard InChI is InChI=1S/C13H16N2O3/c1-15-11-4-3-9(7-10(11)8-12(15)17)13(18)14-5-2-6-16/h3-4,7,16H,2,5-6,8H2,1H3,(H,14,18). The van der Waals surface area contributed by atoms with E-state index in [2.05, 4.69) is 5.32 Å². The van der Waals surface area contributed by atoms with Crippen LogP contribution in [-0.2, 0) is 11.2 Å². The number of carbonyl (C=O) groups is 2. The van der Waals surface area contributed by atoms with Crippen LogP contribution in [0.1, 0.15) is 22.3 Å². The quantitative estimate of drug-likeness (QED) is 0.754. The van der Waals surface area contributed by atoms with E-state index in [0.29, 0.717) is 24.9 Å². The molecule has 0 unspecified atom stereocenters. The number of nitrogens with one attached hydrogen (secondary N) is 1. The molecule has 1 aromatic rings. The van der Waals surface area contributed by atoms with Gasteiger partial charge in [-0.15, -0.1) is 0 Å². The Morgan fingerprint density at radius 1 is 1.50 bits per heavy atom. The average molecular weight is 248 g/mol. The summed E-state index contributed by atoms with van der Waals surface area (Å²) in [6.07, 6.45) is 0.890. The minimum absolute atomic E-state index is 0.0443. The number of hydrogen-bond acceptors (Lipinski definition) is 3. The Hall–Kier alpha value is -1.88. The number of rotatable bonds is 4. The van der Waals surface area contributed by atoms with Crippen LogP contribution < -0.4 is 10.2 Å². The molecular weight excluding hydrogens is 232 g/mol. The second kappa shape index (κ2) is 5.18. The predicted octanol–water partition coefficient (Wildman–Crippen LogP) is 0.318. The van der Waals surface area contributed by atoms with Crippen molar-refractivity contribution in [2.24, 2.45) is 0 Å². The van der Waals surface area contributed by atoms with Gasteiger partial charge in [0.1, 0.15) is 0 Å². The zero-order chi connectivity index (χ0) is 13.1.